The van der Waals surface area contributed by atoms with Crippen LogP contribution in [0, 0.1) is 55.4 Å². The van der Waals surface area contributed by atoms with Crippen LogP contribution in [-0.4, -0.2) is 176 Å². The number of halogens is 1. The predicted molar refractivity (Wildman–Crippen MR) is 435 cm³/mol. The quantitative estimate of drug-likeness (QED) is 0.0157. The van der Waals surface area contributed by atoms with Crippen LogP contribution in [0.5, 0.6) is 46.0 Å². The van der Waals surface area contributed by atoms with Gasteiger partial charge < -0.3 is 61.8 Å². The molecular formula is C76H100ClN10O21S4W-. The third-order valence-electron chi connectivity index (χ3n) is 16.1. The number of aryl methyl sites for hydroxylation is 4. The predicted octanol–water partition coefficient (Wildman–Crippen LogP) is 11.4. The number of nitro groups is 2. The van der Waals surface area contributed by atoms with Gasteiger partial charge in [0.05, 0.1) is 111 Å². The summed E-state index contributed by atoms with van der Waals surface area (Å²) in [6.07, 6.45) is 11.6. The molecule has 0 aliphatic rings. The number of aromatic nitrogens is 6. The van der Waals surface area contributed by atoms with Gasteiger partial charge in [-0.05, 0) is 167 Å². The molecule has 5 N–H and O–H groups in total. The molecule has 618 valence electrons. The number of nitrogens with one attached hydrogen (secondary N) is 1. The Hall–Kier alpha value is -9.51. The summed E-state index contributed by atoms with van der Waals surface area (Å²) in [4.78, 5) is 52.6. The number of ether oxygens (including phenoxy) is 8. The van der Waals surface area contributed by atoms with E-state index in [9.17, 15) is 58.7 Å². The summed E-state index contributed by atoms with van der Waals surface area (Å²) in [6.45, 7) is 16.5. The molecule has 37 heteroatoms. The zero-order valence-electron chi connectivity index (χ0n) is 66.2. The van der Waals surface area contributed by atoms with Crippen molar-refractivity contribution >= 4 is 79.2 Å². The Morgan fingerprint density at radius 2 is 0.823 bits per heavy atom. The van der Waals surface area contributed by atoms with E-state index in [-0.39, 0.29) is 86.1 Å². The second-order valence-electron chi connectivity index (χ2n) is 25.7. The molecule has 0 amide bonds. The summed E-state index contributed by atoms with van der Waals surface area (Å²) < 4.78 is 139. The second-order valence-corrected chi connectivity index (χ2v) is 34.8. The van der Waals surface area contributed by atoms with Gasteiger partial charge in [-0.1, -0.05) is 35.9 Å². The Morgan fingerprint density at radius 3 is 1.21 bits per heavy atom. The van der Waals surface area contributed by atoms with Crippen molar-refractivity contribution in [3.8, 4) is 46.0 Å². The number of nitrogens with two attached hydrogens (primary N) is 2. The number of aromatic amines is 1. The maximum atomic E-state index is 12.7. The van der Waals surface area contributed by atoms with E-state index in [1.54, 1.807) is 113 Å². The van der Waals surface area contributed by atoms with Crippen LogP contribution in [0.1, 0.15) is 108 Å². The summed E-state index contributed by atoms with van der Waals surface area (Å²) in [5.74, 6) is 3.10. The Balaban J connectivity index is 0.000000374. The van der Waals surface area contributed by atoms with Crippen LogP contribution >= 0.6 is 11.6 Å². The van der Waals surface area contributed by atoms with E-state index in [1.807, 2.05) is 59.7 Å². The maximum Gasteiger partial charge on any atom is 0.328 e. The van der Waals surface area contributed by atoms with Crippen LogP contribution in [0.15, 0.2) is 127 Å². The van der Waals surface area contributed by atoms with Crippen molar-refractivity contribution in [2.24, 2.45) is 5.73 Å². The number of hydrogen-bond donors (Lipinski definition) is 3. The van der Waals surface area contributed by atoms with Gasteiger partial charge in [-0.15, -0.1) is 0 Å². The van der Waals surface area contributed by atoms with Crippen LogP contribution in [0.3, 0.4) is 0 Å². The average molecular weight is 1840 g/mol. The molecule has 0 saturated heterocycles. The first-order chi connectivity index (χ1) is 52.1. The number of benzene rings is 4. The fourth-order valence-electron chi connectivity index (χ4n) is 11.3. The topological polar surface area (TPSA) is 438 Å². The molecule has 31 nitrogen and oxygen atoms in total. The number of fused-ring (bicyclic) bond motifs is 1. The largest absolute Gasteiger partial charge is 0.493 e. The molecule has 0 bridgehead atoms. The van der Waals surface area contributed by atoms with Crippen molar-refractivity contribution in [1.82, 2.24) is 29.5 Å². The van der Waals surface area contributed by atoms with E-state index in [1.165, 1.54) is 49.6 Å². The van der Waals surface area contributed by atoms with Crippen molar-refractivity contribution in [2.45, 2.75) is 92.2 Å². The maximum absolute atomic E-state index is 12.7. The molecule has 113 heavy (non-hydrogen) atoms. The smallest absolute Gasteiger partial charge is 0.328 e. The van der Waals surface area contributed by atoms with Gasteiger partial charge in [0.25, 0.3) is 5.69 Å². The van der Waals surface area contributed by atoms with Gasteiger partial charge >= 0.3 is 11.4 Å². The molecule has 0 radical (unpaired) electrons. The monoisotopic (exact) mass is 1840 g/mol. The molecule has 0 unspecified atom stereocenters. The molecule has 9 aromatic rings. The molecule has 5 heterocycles. The minimum atomic E-state index is -3.41. The number of pyridine rings is 4. The third-order valence-corrected chi connectivity index (χ3v) is 20.3. The summed E-state index contributed by atoms with van der Waals surface area (Å²) in [7, 11) is -6.88. The minimum Gasteiger partial charge on any atom is -0.493 e. The van der Waals surface area contributed by atoms with Crippen LogP contribution < -0.4 is 55.1 Å². The molecule has 4 atom stereocenters. The van der Waals surface area contributed by atoms with Crippen LogP contribution in [-0.2, 0) is 73.3 Å². The number of hydrogen-bond acceptors (Lipinski definition) is 27. The van der Waals surface area contributed by atoms with E-state index in [4.69, 9.17) is 61.0 Å². The number of methoxy groups -OCH3 is 4. The van der Waals surface area contributed by atoms with Gasteiger partial charge in [0.2, 0.25) is 5.15 Å². The van der Waals surface area contributed by atoms with Gasteiger partial charge in [-0.2, -0.15) is 0 Å². The molecule has 0 aliphatic carbocycles. The van der Waals surface area contributed by atoms with Crippen LogP contribution in [0.25, 0.3) is 11.2 Å². The van der Waals surface area contributed by atoms with E-state index in [0.29, 0.717) is 124 Å². The van der Waals surface area contributed by atoms with E-state index >= 15 is 0 Å². The normalized spacial score (nSPS) is 12.2. The van der Waals surface area contributed by atoms with Crippen molar-refractivity contribution < 1.29 is 102 Å². The van der Waals surface area contributed by atoms with Crippen LogP contribution in [0.2, 0.25) is 5.15 Å². The zero-order valence-corrected chi connectivity index (χ0v) is 73.2. The minimum absolute atomic E-state index is 0. The number of imidazole rings is 1. The fourth-order valence-corrected chi connectivity index (χ4v) is 15.3. The molecule has 5 aromatic heterocycles. The number of nitrogens with zero attached hydrogens (tertiary/aromatic N) is 7. The molecule has 0 fully saturated rings. The number of nitrogen functional groups attached to an aromatic ring is 1. The second kappa shape index (κ2) is 44.8. The summed E-state index contributed by atoms with van der Waals surface area (Å²) in [5, 5.41) is 21.6. The van der Waals surface area contributed by atoms with E-state index in [0.717, 1.165) is 34.8 Å². The van der Waals surface area contributed by atoms with E-state index < -0.39 is 72.9 Å². The van der Waals surface area contributed by atoms with Gasteiger partial charge in [0.15, 0.2) is 51.6 Å². The third kappa shape index (κ3) is 31.1. The van der Waals surface area contributed by atoms with Gasteiger partial charge in [0.1, 0.15) is 45.0 Å². The number of anilines is 1. The van der Waals surface area contributed by atoms with Crippen molar-refractivity contribution in [3.63, 3.8) is 0 Å². The molecule has 0 aliphatic heterocycles. The van der Waals surface area contributed by atoms with Gasteiger partial charge in [-0.25, -0.2) is 48.4 Å². The molecule has 0 saturated carbocycles. The average Bonchev–Trinajstić information content (AvgIpc) is 1.69. The number of rotatable bonds is 31. The first kappa shape index (κ1) is 97.7. The zero-order chi connectivity index (χ0) is 82.9. The first-order valence-electron chi connectivity index (χ1n) is 34.4. The summed E-state index contributed by atoms with van der Waals surface area (Å²) in [5.41, 5.74) is 19.8. The van der Waals surface area contributed by atoms with Gasteiger partial charge in [-0.3, -0.25) is 34.8 Å². The molecule has 9 rings (SSSR count). The van der Waals surface area contributed by atoms with Gasteiger partial charge in [0, 0.05) is 107 Å². The van der Waals surface area contributed by atoms with Crippen molar-refractivity contribution in [3.05, 3.63) is 221 Å². The Kier molecular flexibility index (Phi) is 38.7. The fraction of sp³-hybridized carbons (Fsp3) is 0.395. The Labute approximate surface area is 680 Å². The standard InChI is InChI=1S/C19H23N3O5S.C19H24N2O6S.C19H26N2O4S.C12H19NO4S.C6H5ClN2O2.CH3.W/c1-5-27-17-9-13(6-7-16(17)26-3)15(11-28(4,24)25)22-18-14(21-19(22)23)8-12(2)10-20-18;1-5-27-19-10-14(6-7-18(19)26-3)15(12-28(4,24)25)9-16-17(21(22)23)8-13(2)11-20-16;1-5-25-19-10-14(6-7-18(19)24-3)15(12-26(4,22)23)9-17-16(20)8-13(2)11-21-17;1-4-17-12-7-9(5-6-11(12)16-2)10(13)8-18(3,14)15;1-4-2-5(9(10)11)6(7)8-3-4;;/h6-10,15H,5,11H2,1-4H3,(H,21,23);6-8,10-11,15H,5,9,12H2,1-4H3;6-8,10-11,15H,5,9,12,20H2,1-4H3;5-7,10H,4,8,13H2,1-3H3;2-3H,1H3;1H3;/q;;;;;-1;/t3*15-;10-;;;/m1111.../s1. The molecule has 4 aromatic carbocycles. The summed E-state index contributed by atoms with van der Waals surface area (Å²) >= 11 is 5.44. The SMILES string of the molecule is CCOc1cc([C@@H](CS(C)(=O)=O)n2c(=O)[nH]c3cc(C)cnc32)ccc1OC.CCOc1cc([C@H](Cc2ncc(C)cc2N)CS(C)(=O)=O)ccc1OC.CCOc1cc([C@H](Cc2ncc(C)cc2[N+](=O)[O-])CS(C)(=O)=O)ccc1OC.CCOc1cc([C@H](N)CS(C)(=O)=O)ccc1OC.Cc1cnc(Cl)c([N+](=O)[O-])c1.[CH3-].[W]. The number of sulfone groups is 4. The van der Waals surface area contributed by atoms with Crippen molar-refractivity contribution in [2.75, 3.05) is 109 Å². The summed E-state index contributed by atoms with van der Waals surface area (Å²) in [6, 6.07) is 26.1. The number of H-pyrrole nitrogens is 1. The molecule has 0 spiro atoms. The van der Waals surface area contributed by atoms with Crippen LogP contribution in [0.4, 0.5) is 17.1 Å². The van der Waals surface area contributed by atoms with E-state index in [2.05, 4.69) is 24.9 Å². The Morgan fingerprint density at radius 1 is 0.478 bits per heavy atom. The first-order valence-corrected chi connectivity index (χ1v) is 43.0. The molecular weight excluding hydrogens is 1740 g/mol. The Bertz CT molecular complexity index is 5230. The van der Waals surface area contributed by atoms with Crippen molar-refractivity contribution in [1.29, 1.82) is 0 Å².